The van der Waals surface area contributed by atoms with Gasteiger partial charge in [0.15, 0.2) is 5.11 Å². The van der Waals surface area contributed by atoms with Gasteiger partial charge in [0.2, 0.25) is 0 Å². The maximum atomic E-state index is 6.03. The minimum Gasteiger partial charge on any atom is -0.377 e. The van der Waals surface area contributed by atoms with Gasteiger partial charge >= 0.3 is 0 Å². The highest BCUT2D eigenvalue weighted by atomic mass is 35.5. The smallest absolute Gasteiger partial charge is 0.173 e. The van der Waals surface area contributed by atoms with Crippen LogP contribution in [-0.4, -0.2) is 60.3 Å². The predicted octanol–water partition coefficient (Wildman–Crippen LogP) is 3.61. The number of nitrogens with one attached hydrogen (secondary N) is 1. The molecule has 1 aromatic rings. The predicted molar refractivity (Wildman–Crippen MR) is 104 cm³/mol. The molecular formula is C18H26ClN3OS. The zero-order valence-corrected chi connectivity index (χ0v) is 15.8. The van der Waals surface area contributed by atoms with Gasteiger partial charge in [-0.1, -0.05) is 17.7 Å². The van der Waals surface area contributed by atoms with Crippen molar-refractivity contribution >= 4 is 34.6 Å². The molecule has 3 rings (SSSR count). The van der Waals surface area contributed by atoms with Crippen LogP contribution in [0.1, 0.15) is 25.7 Å². The van der Waals surface area contributed by atoms with Crippen LogP contribution in [0.2, 0.25) is 5.02 Å². The van der Waals surface area contributed by atoms with E-state index < -0.39 is 0 Å². The first-order valence-corrected chi connectivity index (χ1v) is 9.54. The molecule has 0 unspecified atom stereocenters. The van der Waals surface area contributed by atoms with Crippen molar-refractivity contribution in [2.75, 3.05) is 38.6 Å². The van der Waals surface area contributed by atoms with Gasteiger partial charge in [0, 0.05) is 43.0 Å². The van der Waals surface area contributed by atoms with Crippen LogP contribution < -0.4 is 5.32 Å². The van der Waals surface area contributed by atoms with Crippen LogP contribution in [0.15, 0.2) is 24.3 Å². The number of likely N-dealkylation sites (tertiary alicyclic amines) is 1. The van der Waals surface area contributed by atoms with Gasteiger partial charge in [0.25, 0.3) is 0 Å². The molecule has 1 N–H and O–H groups in total. The highest BCUT2D eigenvalue weighted by molar-refractivity contribution is 7.80. The minimum absolute atomic E-state index is 0.429. The van der Waals surface area contributed by atoms with E-state index in [1.807, 2.05) is 24.3 Å². The first-order chi connectivity index (χ1) is 11.6. The summed E-state index contributed by atoms with van der Waals surface area (Å²) < 4.78 is 5.76. The lowest BCUT2D eigenvalue weighted by Crippen LogP contribution is -2.48. The molecule has 2 aliphatic rings. The molecule has 0 aliphatic carbocycles. The summed E-state index contributed by atoms with van der Waals surface area (Å²) in [7, 11) is 2.23. The Morgan fingerprint density at radius 2 is 2.17 bits per heavy atom. The fourth-order valence-electron chi connectivity index (χ4n) is 3.54. The first-order valence-electron chi connectivity index (χ1n) is 8.75. The van der Waals surface area contributed by atoms with Crippen LogP contribution in [0.25, 0.3) is 0 Å². The number of halogens is 1. The Balaban J connectivity index is 1.44. The zero-order valence-electron chi connectivity index (χ0n) is 14.2. The third-order valence-corrected chi connectivity index (χ3v) is 5.56. The maximum Gasteiger partial charge on any atom is 0.173 e. The number of anilines is 1. The molecule has 2 heterocycles. The average molecular weight is 368 g/mol. The molecule has 0 radical (unpaired) electrons. The van der Waals surface area contributed by atoms with Crippen molar-refractivity contribution in [3.63, 3.8) is 0 Å². The van der Waals surface area contributed by atoms with Crippen LogP contribution in [0.3, 0.4) is 0 Å². The van der Waals surface area contributed by atoms with Crippen molar-refractivity contribution < 1.29 is 4.74 Å². The van der Waals surface area contributed by atoms with Crippen LogP contribution in [0, 0.1) is 0 Å². The van der Waals surface area contributed by atoms with Gasteiger partial charge in [0.1, 0.15) is 0 Å². The quantitative estimate of drug-likeness (QED) is 0.820. The van der Waals surface area contributed by atoms with Gasteiger partial charge in [-0.25, -0.2) is 0 Å². The maximum absolute atomic E-state index is 6.03. The molecule has 1 atom stereocenters. The average Bonchev–Trinajstić information content (AvgIpc) is 3.08. The molecule has 0 saturated carbocycles. The number of benzene rings is 1. The zero-order chi connectivity index (χ0) is 16.9. The Bertz CT molecular complexity index is 557. The van der Waals surface area contributed by atoms with Crippen LogP contribution in [0.5, 0.6) is 0 Å². The third-order valence-electron chi connectivity index (χ3n) is 4.97. The van der Waals surface area contributed by atoms with E-state index in [0.29, 0.717) is 12.1 Å². The molecule has 1 aromatic carbocycles. The summed E-state index contributed by atoms with van der Waals surface area (Å²) in [6.45, 7) is 3.97. The van der Waals surface area contributed by atoms with Crippen molar-refractivity contribution in [3.8, 4) is 0 Å². The highest BCUT2D eigenvalue weighted by Gasteiger charge is 2.26. The second kappa shape index (κ2) is 8.48. The van der Waals surface area contributed by atoms with Crippen molar-refractivity contribution in [2.45, 2.75) is 37.8 Å². The monoisotopic (exact) mass is 367 g/mol. The number of hydrogen-bond donors (Lipinski definition) is 1. The van der Waals surface area contributed by atoms with Crippen molar-refractivity contribution in [2.24, 2.45) is 0 Å². The van der Waals surface area contributed by atoms with Gasteiger partial charge < -0.3 is 19.9 Å². The molecule has 2 saturated heterocycles. The third kappa shape index (κ3) is 4.82. The number of thiocarbonyl (C=S) groups is 1. The van der Waals surface area contributed by atoms with E-state index in [2.05, 4.69) is 22.2 Å². The second-order valence-corrected chi connectivity index (χ2v) is 7.56. The van der Waals surface area contributed by atoms with Gasteiger partial charge in [-0.15, -0.1) is 0 Å². The van der Waals surface area contributed by atoms with Crippen LogP contribution in [-0.2, 0) is 4.74 Å². The molecule has 0 amide bonds. The lowest BCUT2D eigenvalue weighted by molar-refractivity contribution is 0.0576. The molecule has 0 aromatic heterocycles. The Morgan fingerprint density at radius 3 is 2.83 bits per heavy atom. The summed E-state index contributed by atoms with van der Waals surface area (Å²) in [6.07, 6.45) is 5.12. The number of nitrogens with zero attached hydrogens (tertiary/aromatic N) is 2. The second-order valence-electron chi connectivity index (χ2n) is 6.73. The van der Waals surface area contributed by atoms with E-state index in [0.717, 1.165) is 54.9 Å². The molecule has 4 nitrogen and oxygen atoms in total. The summed E-state index contributed by atoms with van der Waals surface area (Å²) in [5, 5.41) is 4.80. The highest BCUT2D eigenvalue weighted by Crippen LogP contribution is 2.21. The van der Waals surface area contributed by atoms with E-state index in [4.69, 9.17) is 28.6 Å². The lowest BCUT2D eigenvalue weighted by atomic mass is 10.0. The fourth-order valence-corrected chi connectivity index (χ4v) is 4.03. The van der Waals surface area contributed by atoms with E-state index in [-0.39, 0.29) is 0 Å². The Morgan fingerprint density at radius 1 is 1.38 bits per heavy atom. The Hall–Kier alpha value is -0.880. The van der Waals surface area contributed by atoms with E-state index in [9.17, 15) is 0 Å². The number of piperidine rings is 1. The molecule has 6 heteroatoms. The van der Waals surface area contributed by atoms with Crippen LogP contribution >= 0.6 is 23.8 Å². The van der Waals surface area contributed by atoms with Gasteiger partial charge in [-0.05, 0) is 63.1 Å². The van der Waals surface area contributed by atoms with E-state index in [1.165, 1.54) is 12.8 Å². The summed E-state index contributed by atoms with van der Waals surface area (Å²) in [5.74, 6) is 0. The van der Waals surface area contributed by atoms with E-state index >= 15 is 0 Å². The SMILES string of the molecule is CN(C[C@@H]1CCCO1)C1CCN(C(=S)Nc2cccc(Cl)c2)CC1. The van der Waals surface area contributed by atoms with Crippen molar-refractivity contribution in [1.82, 2.24) is 9.80 Å². The van der Waals surface area contributed by atoms with Crippen molar-refractivity contribution in [3.05, 3.63) is 29.3 Å². The number of rotatable bonds is 4. The summed E-state index contributed by atoms with van der Waals surface area (Å²) >= 11 is 11.6. The van der Waals surface area contributed by atoms with Gasteiger partial charge in [-0.2, -0.15) is 0 Å². The molecule has 2 aliphatic heterocycles. The summed E-state index contributed by atoms with van der Waals surface area (Å²) in [6, 6.07) is 8.31. The molecule has 0 bridgehead atoms. The molecule has 132 valence electrons. The number of ether oxygens (including phenoxy) is 1. The first kappa shape index (κ1) is 17.9. The molecule has 24 heavy (non-hydrogen) atoms. The van der Waals surface area contributed by atoms with Crippen molar-refractivity contribution in [1.29, 1.82) is 0 Å². The van der Waals surface area contributed by atoms with Gasteiger partial charge in [0.05, 0.1) is 6.10 Å². The summed E-state index contributed by atoms with van der Waals surface area (Å²) in [4.78, 5) is 4.73. The Kier molecular flexibility index (Phi) is 6.33. The molecule has 0 spiro atoms. The number of likely N-dealkylation sites (N-methyl/N-ethyl adjacent to an activating group) is 1. The fraction of sp³-hybridized carbons (Fsp3) is 0.611. The van der Waals surface area contributed by atoms with E-state index in [1.54, 1.807) is 0 Å². The van der Waals surface area contributed by atoms with Crippen LogP contribution in [0.4, 0.5) is 5.69 Å². The summed E-state index contributed by atoms with van der Waals surface area (Å²) in [5.41, 5.74) is 0.949. The van der Waals surface area contributed by atoms with Gasteiger partial charge in [-0.3, -0.25) is 0 Å². The minimum atomic E-state index is 0.429. The Labute approximate surface area is 155 Å². The molecule has 2 fully saturated rings. The largest absolute Gasteiger partial charge is 0.377 e. The normalized spacial score (nSPS) is 22.1. The molecular weight excluding hydrogens is 342 g/mol. The standard InChI is InChI=1S/C18H26ClN3OS/c1-21(13-17-6-3-11-23-17)16-7-9-22(10-8-16)18(24)20-15-5-2-4-14(19)12-15/h2,4-5,12,16-17H,3,6-11,13H2,1H3,(H,20,24)/t17-/m0/s1. The number of hydrogen-bond acceptors (Lipinski definition) is 3. The topological polar surface area (TPSA) is 27.7 Å². The lowest BCUT2D eigenvalue weighted by Gasteiger charge is -2.38.